The molecule has 6 nitrogen and oxygen atoms in total. The molecule has 24 heavy (non-hydrogen) atoms. The SMILES string of the molecule is Cc1cc(-c2noc(-c3cn[nH]c3C3CCCNC3)n2)ccc1F. The summed E-state index contributed by atoms with van der Waals surface area (Å²) in [7, 11) is 0. The van der Waals surface area contributed by atoms with E-state index in [9.17, 15) is 4.39 Å². The van der Waals surface area contributed by atoms with Gasteiger partial charge in [0.05, 0.1) is 17.5 Å². The van der Waals surface area contributed by atoms with Crippen LogP contribution in [0.3, 0.4) is 0 Å². The van der Waals surface area contributed by atoms with Gasteiger partial charge in [0.2, 0.25) is 5.82 Å². The van der Waals surface area contributed by atoms with E-state index in [1.54, 1.807) is 25.3 Å². The van der Waals surface area contributed by atoms with Gasteiger partial charge in [0.15, 0.2) is 0 Å². The third kappa shape index (κ3) is 2.71. The number of nitrogens with zero attached hydrogens (tertiary/aromatic N) is 3. The Kier molecular flexibility index (Phi) is 3.86. The molecule has 0 bridgehead atoms. The van der Waals surface area contributed by atoms with Gasteiger partial charge in [-0.25, -0.2) is 4.39 Å². The number of benzene rings is 1. The van der Waals surface area contributed by atoms with E-state index in [1.165, 1.54) is 6.07 Å². The lowest BCUT2D eigenvalue weighted by Gasteiger charge is -2.21. The number of aromatic amines is 1. The number of hydrogen-bond donors (Lipinski definition) is 2. The van der Waals surface area contributed by atoms with E-state index in [0.29, 0.717) is 23.2 Å². The maximum absolute atomic E-state index is 13.4. The standard InChI is InChI=1S/C17H18FN5O/c1-10-7-11(4-5-14(10)18)16-21-17(24-23-16)13-9-20-22-15(13)12-3-2-6-19-8-12/h4-5,7,9,12,19H,2-3,6,8H2,1H3,(H,20,22). The van der Waals surface area contributed by atoms with Crippen LogP contribution in [0.4, 0.5) is 4.39 Å². The van der Waals surface area contributed by atoms with Crippen molar-refractivity contribution in [1.29, 1.82) is 0 Å². The number of aromatic nitrogens is 4. The van der Waals surface area contributed by atoms with Crippen molar-refractivity contribution in [2.24, 2.45) is 0 Å². The Morgan fingerprint density at radius 3 is 3.04 bits per heavy atom. The molecule has 0 spiro atoms. The molecule has 1 atom stereocenters. The van der Waals surface area contributed by atoms with Crippen LogP contribution in [0.5, 0.6) is 0 Å². The third-order valence-electron chi connectivity index (χ3n) is 4.45. The number of H-pyrrole nitrogens is 1. The first-order valence-corrected chi connectivity index (χ1v) is 8.07. The van der Waals surface area contributed by atoms with Gasteiger partial charge in [0.25, 0.3) is 5.89 Å². The molecule has 3 aromatic rings. The van der Waals surface area contributed by atoms with Crippen LogP contribution in [-0.4, -0.2) is 33.4 Å². The molecular formula is C17H18FN5O. The maximum Gasteiger partial charge on any atom is 0.261 e. The highest BCUT2D eigenvalue weighted by molar-refractivity contribution is 5.61. The van der Waals surface area contributed by atoms with Crippen molar-refractivity contribution in [1.82, 2.24) is 25.7 Å². The van der Waals surface area contributed by atoms with Crippen LogP contribution in [0.15, 0.2) is 28.9 Å². The number of piperidine rings is 1. The molecule has 0 amide bonds. The highest BCUT2D eigenvalue weighted by atomic mass is 19.1. The van der Waals surface area contributed by atoms with Crippen LogP contribution in [0.25, 0.3) is 22.8 Å². The van der Waals surface area contributed by atoms with E-state index < -0.39 is 0 Å². The molecule has 2 aromatic heterocycles. The Balaban J connectivity index is 1.66. The summed E-state index contributed by atoms with van der Waals surface area (Å²) < 4.78 is 18.8. The molecule has 0 aliphatic carbocycles. The number of hydrogen-bond acceptors (Lipinski definition) is 5. The van der Waals surface area contributed by atoms with Crippen molar-refractivity contribution in [3.05, 3.63) is 41.5 Å². The second kappa shape index (κ2) is 6.16. The fourth-order valence-corrected chi connectivity index (χ4v) is 3.11. The van der Waals surface area contributed by atoms with Gasteiger partial charge in [-0.3, -0.25) is 5.10 Å². The molecule has 1 fully saturated rings. The number of nitrogens with one attached hydrogen (secondary N) is 2. The van der Waals surface area contributed by atoms with E-state index >= 15 is 0 Å². The molecule has 1 aliphatic rings. The quantitative estimate of drug-likeness (QED) is 0.773. The summed E-state index contributed by atoms with van der Waals surface area (Å²) in [6, 6.07) is 4.78. The minimum atomic E-state index is -0.246. The van der Waals surface area contributed by atoms with Crippen LogP contribution < -0.4 is 5.32 Å². The molecule has 7 heteroatoms. The van der Waals surface area contributed by atoms with Gasteiger partial charge >= 0.3 is 0 Å². The second-order valence-electron chi connectivity index (χ2n) is 6.13. The van der Waals surface area contributed by atoms with Crippen LogP contribution >= 0.6 is 0 Å². The molecule has 2 N–H and O–H groups in total. The number of aryl methyl sites for hydroxylation is 1. The van der Waals surface area contributed by atoms with Crippen molar-refractivity contribution in [3.63, 3.8) is 0 Å². The minimum Gasteiger partial charge on any atom is -0.333 e. The van der Waals surface area contributed by atoms with Crippen molar-refractivity contribution >= 4 is 0 Å². The van der Waals surface area contributed by atoms with E-state index in [2.05, 4.69) is 25.7 Å². The molecule has 0 saturated carbocycles. The average Bonchev–Trinajstić information content (AvgIpc) is 3.26. The zero-order chi connectivity index (χ0) is 16.5. The van der Waals surface area contributed by atoms with Gasteiger partial charge in [-0.2, -0.15) is 10.1 Å². The smallest absolute Gasteiger partial charge is 0.261 e. The summed E-state index contributed by atoms with van der Waals surface area (Å²) >= 11 is 0. The van der Waals surface area contributed by atoms with Crippen molar-refractivity contribution < 1.29 is 8.91 Å². The van der Waals surface area contributed by atoms with E-state index in [1.807, 2.05) is 0 Å². The van der Waals surface area contributed by atoms with E-state index in [-0.39, 0.29) is 5.82 Å². The highest BCUT2D eigenvalue weighted by Crippen LogP contribution is 2.31. The molecule has 3 heterocycles. The number of rotatable bonds is 3. The molecule has 1 saturated heterocycles. The lowest BCUT2D eigenvalue weighted by molar-refractivity contribution is 0.428. The van der Waals surface area contributed by atoms with Crippen molar-refractivity contribution in [2.75, 3.05) is 13.1 Å². The first-order valence-electron chi connectivity index (χ1n) is 8.07. The predicted octanol–water partition coefficient (Wildman–Crippen LogP) is 3.04. The average molecular weight is 327 g/mol. The topological polar surface area (TPSA) is 79.6 Å². The highest BCUT2D eigenvalue weighted by Gasteiger charge is 2.23. The van der Waals surface area contributed by atoms with Crippen molar-refractivity contribution in [3.8, 4) is 22.8 Å². The Bertz CT molecular complexity index is 850. The Hall–Kier alpha value is -2.54. The van der Waals surface area contributed by atoms with Gasteiger partial charge in [0.1, 0.15) is 5.82 Å². The third-order valence-corrected chi connectivity index (χ3v) is 4.45. The normalized spacial score (nSPS) is 18.0. The second-order valence-corrected chi connectivity index (χ2v) is 6.13. The zero-order valence-corrected chi connectivity index (χ0v) is 13.3. The van der Waals surface area contributed by atoms with Gasteiger partial charge in [-0.05, 0) is 50.1 Å². The van der Waals surface area contributed by atoms with Gasteiger partial charge in [-0.1, -0.05) is 5.16 Å². The molecule has 4 rings (SSSR count). The molecule has 124 valence electrons. The monoisotopic (exact) mass is 327 g/mol. The summed E-state index contributed by atoms with van der Waals surface area (Å²) in [6.07, 6.45) is 3.95. The van der Waals surface area contributed by atoms with Crippen molar-refractivity contribution in [2.45, 2.75) is 25.7 Å². The number of halogens is 1. The maximum atomic E-state index is 13.4. The Morgan fingerprint density at radius 1 is 1.33 bits per heavy atom. The first-order chi connectivity index (χ1) is 11.7. The Labute approximate surface area is 138 Å². The lowest BCUT2D eigenvalue weighted by atomic mass is 9.94. The van der Waals surface area contributed by atoms with Crippen LogP contribution in [0, 0.1) is 12.7 Å². The van der Waals surface area contributed by atoms with E-state index in [4.69, 9.17) is 4.52 Å². The summed E-state index contributed by atoms with van der Waals surface area (Å²) in [5.74, 6) is 0.993. The summed E-state index contributed by atoms with van der Waals surface area (Å²) in [5, 5.41) is 14.7. The molecule has 1 aromatic carbocycles. The van der Waals surface area contributed by atoms with Gasteiger partial charge in [0, 0.05) is 18.0 Å². The molecular weight excluding hydrogens is 309 g/mol. The molecule has 0 radical (unpaired) electrons. The minimum absolute atomic E-state index is 0.246. The molecule has 1 aliphatic heterocycles. The van der Waals surface area contributed by atoms with Crippen LogP contribution in [0.2, 0.25) is 0 Å². The van der Waals surface area contributed by atoms with E-state index in [0.717, 1.165) is 42.8 Å². The molecule has 1 unspecified atom stereocenters. The van der Waals surface area contributed by atoms with Crippen LogP contribution in [0.1, 0.15) is 30.0 Å². The lowest BCUT2D eigenvalue weighted by Crippen LogP contribution is -2.28. The van der Waals surface area contributed by atoms with Gasteiger partial charge < -0.3 is 9.84 Å². The fraction of sp³-hybridized carbons (Fsp3) is 0.353. The summed E-state index contributed by atoms with van der Waals surface area (Å²) in [6.45, 7) is 3.67. The van der Waals surface area contributed by atoms with Crippen LogP contribution in [-0.2, 0) is 0 Å². The first kappa shape index (κ1) is 15.0. The summed E-state index contributed by atoms with van der Waals surface area (Å²) in [4.78, 5) is 4.47. The predicted molar refractivity (Wildman–Crippen MR) is 86.9 cm³/mol. The zero-order valence-electron chi connectivity index (χ0n) is 13.3. The van der Waals surface area contributed by atoms with Gasteiger partial charge in [-0.15, -0.1) is 0 Å². The Morgan fingerprint density at radius 2 is 2.25 bits per heavy atom. The largest absolute Gasteiger partial charge is 0.333 e. The summed E-state index contributed by atoms with van der Waals surface area (Å²) in [5.41, 5.74) is 3.14. The fourth-order valence-electron chi connectivity index (χ4n) is 3.11.